The monoisotopic (exact) mass is 994 g/mol. The van der Waals surface area contributed by atoms with Crippen molar-refractivity contribution in [2.24, 2.45) is 0 Å². The van der Waals surface area contributed by atoms with Gasteiger partial charge in [-0.05, 0) is 148 Å². The standard InChI is InChI=1S/C28H25BrO4.C27H23BrO4/c1-31-23-6-3-5-20(17-23)25-13-9-21-18-24(32-2)12-14-26(21)27(25)28(30)19-7-10-22(11-8-19)33-16-4-15-29;1-30-21-12-14-22-19(17-21)9-13-24(23-5-3-4-6-25(23)31-2)26(22)27(29)18-7-10-20(11-8-18)32-16-15-28/h3,5-14,17-18H,4,15-16H2,1-2H3;3-14,17H,15-16H2,1-2H3. The van der Waals surface area contributed by atoms with E-state index in [1.807, 2.05) is 146 Å². The van der Waals surface area contributed by atoms with Gasteiger partial charge in [-0.2, -0.15) is 0 Å². The number of methoxy groups -OCH3 is 4. The van der Waals surface area contributed by atoms with E-state index >= 15 is 0 Å². The predicted octanol–water partition coefficient (Wildman–Crippen LogP) is 13.4. The van der Waals surface area contributed by atoms with Gasteiger partial charge < -0.3 is 28.4 Å². The summed E-state index contributed by atoms with van der Waals surface area (Å²) in [5.41, 5.74) is 5.95. The van der Waals surface area contributed by atoms with Gasteiger partial charge >= 0.3 is 0 Å². The van der Waals surface area contributed by atoms with Gasteiger partial charge in [-0.3, -0.25) is 9.59 Å². The Balaban J connectivity index is 0.000000194. The molecule has 0 aliphatic carbocycles. The molecule has 0 heterocycles. The van der Waals surface area contributed by atoms with Crippen molar-refractivity contribution in [2.75, 3.05) is 52.3 Å². The third-order valence-corrected chi connectivity index (χ3v) is 11.7. The maximum atomic E-state index is 13.8. The summed E-state index contributed by atoms with van der Waals surface area (Å²) in [4.78, 5) is 27.6. The number of fused-ring (bicyclic) bond motifs is 2. The average Bonchev–Trinajstić information content (AvgIpc) is 3.37. The molecule has 0 amide bonds. The highest BCUT2D eigenvalue weighted by atomic mass is 79.9. The molecule has 65 heavy (non-hydrogen) atoms. The van der Waals surface area contributed by atoms with Gasteiger partial charge in [0, 0.05) is 38.5 Å². The highest BCUT2D eigenvalue weighted by Gasteiger charge is 2.22. The van der Waals surface area contributed by atoms with Crippen LogP contribution in [0.2, 0.25) is 0 Å². The Morgan fingerprint density at radius 2 is 0.938 bits per heavy atom. The summed E-state index contributed by atoms with van der Waals surface area (Å²) in [7, 11) is 6.55. The quantitative estimate of drug-likeness (QED) is 0.0506. The number of alkyl halides is 2. The van der Waals surface area contributed by atoms with Crippen LogP contribution in [-0.4, -0.2) is 63.9 Å². The Kier molecular flexibility index (Phi) is 15.9. The largest absolute Gasteiger partial charge is 0.497 e. The second-order valence-electron chi connectivity index (χ2n) is 14.7. The van der Waals surface area contributed by atoms with Crippen LogP contribution < -0.4 is 28.4 Å². The molecule has 0 N–H and O–H groups in total. The van der Waals surface area contributed by atoms with Crippen LogP contribution in [0.15, 0.2) is 158 Å². The van der Waals surface area contributed by atoms with Gasteiger partial charge in [0.25, 0.3) is 0 Å². The fourth-order valence-corrected chi connectivity index (χ4v) is 7.97. The van der Waals surface area contributed by atoms with Crippen LogP contribution in [0.4, 0.5) is 0 Å². The number of ketones is 2. The molecule has 8 rings (SSSR count). The Hall–Kier alpha value is -6.62. The smallest absolute Gasteiger partial charge is 0.194 e. The molecule has 0 saturated heterocycles. The lowest BCUT2D eigenvalue weighted by atomic mass is 9.89. The molecule has 0 aliphatic rings. The lowest BCUT2D eigenvalue weighted by Gasteiger charge is -2.16. The summed E-state index contributed by atoms with van der Waals surface area (Å²) in [5.74, 6) is 4.33. The maximum Gasteiger partial charge on any atom is 0.194 e. The van der Waals surface area contributed by atoms with Crippen LogP contribution in [0.1, 0.15) is 38.3 Å². The van der Waals surface area contributed by atoms with E-state index in [9.17, 15) is 9.59 Å². The maximum absolute atomic E-state index is 13.8. The van der Waals surface area contributed by atoms with E-state index in [1.54, 1.807) is 40.6 Å². The highest BCUT2D eigenvalue weighted by molar-refractivity contribution is 9.09. The summed E-state index contributed by atoms with van der Waals surface area (Å²) in [6.07, 6.45) is 0.921. The van der Waals surface area contributed by atoms with Gasteiger partial charge in [0.1, 0.15) is 34.5 Å². The van der Waals surface area contributed by atoms with Crippen molar-refractivity contribution in [3.8, 4) is 56.8 Å². The van der Waals surface area contributed by atoms with Crippen molar-refractivity contribution in [1.82, 2.24) is 0 Å². The van der Waals surface area contributed by atoms with E-state index in [1.165, 1.54) is 0 Å². The summed E-state index contributed by atoms with van der Waals surface area (Å²) < 4.78 is 33.1. The molecule has 0 fully saturated rings. The van der Waals surface area contributed by atoms with Gasteiger partial charge in [0.05, 0.1) is 41.7 Å². The van der Waals surface area contributed by atoms with E-state index in [4.69, 9.17) is 28.4 Å². The Labute approximate surface area is 396 Å². The van der Waals surface area contributed by atoms with Crippen LogP contribution in [0.3, 0.4) is 0 Å². The second kappa shape index (κ2) is 22.3. The van der Waals surface area contributed by atoms with Gasteiger partial charge in [-0.25, -0.2) is 0 Å². The summed E-state index contributed by atoms with van der Waals surface area (Å²) in [5, 5.41) is 5.25. The van der Waals surface area contributed by atoms with Gasteiger partial charge in [0.2, 0.25) is 0 Å². The number of para-hydroxylation sites is 1. The van der Waals surface area contributed by atoms with Crippen LogP contribution in [0.25, 0.3) is 43.8 Å². The molecule has 0 atom stereocenters. The molecular formula is C55H48Br2O8. The minimum atomic E-state index is -0.0614. The van der Waals surface area contributed by atoms with Crippen molar-refractivity contribution >= 4 is 65.0 Å². The van der Waals surface area contributed by atoms with E-state index < -0.39 is 0 Å². The minimum Gasteiger partial charge on any atom is -0.497 e. The molecule has 10 heteroatoms. The van der Waals surface area contributed by atoms with Crippen LogP contribution in [-0.2, 0) is 0 Å². The minimum absolute atomic E-state index is 0.0457. The third kappa shape index (κ3) is 10.8. The topological polar surface area (TPSA) is 89.5 Å². The zero-order chi connectivity index (χ0) is 45.7. The van der Waals surface area contributed by atoms with Crippen molar-refractivity contribution in [2.45, 2.75) is 6.42 Å². The van der Waals surface area contributed by atoms with Crippen LogP contribution >= 0.6 is 31.9 Å². The number of carbonyl (C=O) groups is 2. The van der Waals surface area contributed by atoms with E-state index in [2.05, 4.69) is 31.9 Å². The zero-order valence-electron chi connectivity index (χ0n) is 36.6. The number of ether oxygens (including phenoxy) is 6. The lowest BCUT2D eigenvalue weighted by Crippen LogP contribution is -2.06. The molecule has 0 aromatic heterocycles. The van der Waals surface area contributed by atoms with Crippen molar-refractivity contribution in [3.63, 3.8) is 0 Å². The average molecular weight is 997 g/mol. The number of benzene rings is 8. The number of hydrogen-bond acceptors (Lipinski definition) is 8. The third-order valence-electron chi connectivity index (χ3n) is 10.8. The first-order valence-corrected chi connectivity index (χ1v) is 23.2. The van der Waals surface area contributed by atoms with Crippen LogP contribution in [0, 0.1) is 0 Å². The predicted molar refractivity (Wildman–Crippen MR) is 268 cm³/mol. The molecule has 0 radical (unpaired) electrons. The van der Waals surface area contributed by atoms with E-state index in [0.717, 1.165) is 89.6 Å². The van der Waals surface area contributed by atoms with Crippen molar-refractivity contribution < 1.29 is 38.0 Å². The van der Waals surface area contributed by atoms with Gasteiger partial charge in [0.15, 0.2) is 11.6 Å². The number of carbonyl (C=O) groups excluding carboxylic acids is 2. The highest BCUT2D eigenvalue weighted by Crippen LogP contribution is 2.39. The normalized spacial score (nSPS) is 10.7. The number of hydrogen-bond donors (Lipinski definition) is 0. The lowest BCUT2D eigenvalue weighted by molar-refractivity contribution is 0.103. The molecule has 0 unspecified atom stereocenters. The Bertz CT molecular complexity index is 2910. The SMILES string of the molecule is COc1ccc2c(C(=O)c3ccc(OCCBr)cc3)c(-c3ccccc3OC)ccc2c1.COc1cccc(-c2ccc3cc(OC)ccc3c2C(=O)c2ccc(OCCCBr)cc2)c1. The van der Waals surface area contributed by atoms with E-state index in [-0.39, 0.29) is 11.6 Å². The van der Waals surface area contributed by atoms with E-state index in [0.29, 0.717) is 41.2 Å². The second-order valence-corrected chi connectivity index (χ2v) is 16.3. The molecule has 0 bridgehead atoms. The number of rotatable bonds is 17. The summed E-state index contributed by atoms with van der Waals surface area (Å²) >= 11 is 6.75. The van der Waals surface area contributed by atoms with Crippen molar-refractivity contribution in [3.05, 3.63) is 180 Å². The first-order valence-electron chi connectivity index (χ1n) is 21.0. The summed E-state index contributed by atoms with van der Waals surface area (Å²) in [6.45, 7) is 1.19. The molecular weight excluding hydrogens is 948 g/mol. The molecule has 8 aromatic carbocycles. The molecule has 330 valence electrons. The number of halogens is 2. The first kappa shape index (κ1) is 46.4. The fraction of sp³-hybridized carbons (Fsp3) is 0.164. The molecule has 0 aliphatic heterocycles. The Morgan fingerprint density at radius 3 is 1.48 bits per heavy atom. The molecule has 8 nitrogen and oxygen atoms in total. The molecule has 0 saturated carbocycles. The Morgan fingerprint density at radius 1 is 0.431 bits per heavy atom. The van der Waals surface area contributed by atoms with Crippen molar-refractivity contribution in [1.29, 1.82) is 0 Å². The zero-order valence-corrected chi connectivity index (χ0v) is 39.7. The fourth-order valence-electron chi connectivity index (χ4n) is 7.58. The van der Waals surface area contributed by atoms with Gasteiger partial charge in [-0.15, -0.1) is 0 Å². The van der Waals surface area contributed by atoms with Gasteiger partial charge in [-0.1, -0.05) is 86.5 Å². The molecule has 0 spiro atoms. The molecule has 8 aromatic rings. The van der Waals surface area contributed by atoms with Crippen LogP contribution in [0.5, 0.6) is 34.5 Å². The first-order chi connectivity index (χ1) is 31.8. The summed E-state index contributed by atoms with van der Waals surface area (Å²) in [6, 6.07) is 49.6.